The highest BCUT2D eigenvalue weighted by atomic mass is 19.4. The van der Waals surface area contributed by atoms with Crippen LogP contribution < -0.4 is 10.6 Å². The minimum absolute atomic E-state index is 0.0263. The number of amides is 1. The Labute approximate surface area is 126 Å². The standard InChI is InChI=1S/C15H18F4N2O/c1-8-6-7-20-9(2)13(8)21-14(22)10-4-3-5-11(12(10)16)15(17,18)19/h3-5,8-9,13,20H,6-7H2,1-2H3,(H,21,22). The van der Waals surface area contributed by atoms with Gasteiger partial charge in [-0.1, -0.05) is 13.0 Å². The van der Waals surface area contributed by atoms with E-state index in [1.165, 1.54) is 0 Å². The molecular formula is C15H18F4N2O. The number of rotatable bonds is 2. The highest BCUT2D eigenvalue weighted by molar-refractivity contribution is 5.95. The van der Waals surface area contributed by atoms with Gasteiger partial charge in [0.15, 0.2) is 0 Å². The Hall–Kier alpha value is -1.63. The Bertz CT molecular complexity index is 549. The van der Waals surface area contributed by atoms with Crippen LogP contribution in [0, 0.1) is 11.7 Å². The SMILES string of the molecule is CC1CCNC(C)C1NC(=O)c1cccc(C(F)(F)F)c1F. The molecule has 0 aliphatic carbocycles. The maximum absolute atomic E-state index is 14.0. The molecule has 1 amide bonds. The highest BCUT2D eigenvalue weighted by Gasteiger charge is 2.36. The van der Waals surface area contributed by atoms with Crippen LogP contribution in [0.1, 0.15) is 36.2 Å². The molecule has 0 spiro atoms. The number of piperidine rings is 1. The molecule has 2 rings (SSSR count). The summed E-state index contributed by atoms with van der Waals surface area (Å²) < 4.78 is 52.1. The van der Waals surface area contributed by atoms with E-state index in [1.807, 2.05) is 13.8 Å². The lowest BCUT2D eigenvalue weighted by atomic mass is 9.89. The molecule has 0 bridgehead atoms. The van der Waals surface area contributed by atoms with Crippen molar-refractivity contribution in [3.63, 3.8) is 0 Å². The van der Waals surface area contributed by atoms with Gasteiger partial charge in [-0.25, -0.2) is 4.39 Å². The maximum Gasteiger partial charge on any atom is 0.419 e. The van der Waals surface area contributed by atoms with Gasteiger partial charge in [-0.15, -0.1) is 0 Å². The summed E-state index contributed by atoms with van der Waals surface area (Å²) in [5.41, 5.74) is -2.01. The summed E-state index contributed by atoms with van der Waals surface area (Å²) >= 11 is 0. The third kappa shape index (κ3) is 3.40. The number of halogens is 4. The molecule has 0 aromatic heterocycles. The zero-order valence-electron chi connectivity index (χ0n) is 12.3. The first-order valence-corrected chi connectivity index (χ1v) is 7.11. The Morgan fingerprint density at radius 2 is 2.00 bits per heavy atom. The van der Waals surface area contributed by atoms with Gasteiger partial charge >= 0.3 is 6.18 Å². The van der Waals surface area contributed by atoms with E-state index >= 15 is 0 Å². The molecule has 1 aliphatic rings. The fourth-order valence-electron chi connectivity index (χ4n) is 2.76. The van der Waals surface area contributed by atoms with E-state index in [0.717, 1.165) is 25.1 Å². The maximum atomic E-state index is 14.0. The van der Waals surface area contributed by atoms with Crippen molar-refractivity contribution in [3.05, 3.63) is 35.1 Å². The summed E-state index contributed by atoms with van der Waals surface area (Å²) in [4.78, 5) is 12.2. The molecule has 1 aromatic rings. The Morgan fingerprint density at radius 1 is 1.32 bits per heavy atom. The van der Waals surface area contributed by atoms with Crippen LogP contribution in [0.25, 0.3) is 0 Å². The Balaban J connectivity index is 2.23. The van der Waals surface area contributed by atoms with Crippen LogP contribution in [0.4, 0.5) is 17.6 Å². The second kappa shape index (κ2) is 6.24. The number of carbonyl (C=O) groups excluding carboxylic acids is 1. The number of alkyl halides is 3. The van der Waals surface area contributed by atoms with Crippen LogP contribution in [0.3, 0.4) is 0 Å². The van der Waals surface area contributed by atoms with Crippen LogP contribution in [-0.2, 0) is 6.18 Å². The van der Waals surface area contributed by atoms with Crippen LogP contribution in [0.2, 0.25) is 0 Å². The van der Waals surface area contributed by atoms with Crippen molar-refractivity contribution in [2.45, 2.75) is 38.5 Å². The second-order valence-electron chi connectivity index (χ2n) is 5.67. The predicted octanol–water partition coefficient (Wildman–Crippen LogP) is 2.96. The number of hydrogen-bond donors (Lipinski definition) is 2. The molecular weight excluding hydrogens is 300 g/mol. The minimum Gasteiger partial charge on any atom is -0.347 e. The summed E-state index contributed by atoms with van der Waals surface area (Å²) in [5.74, 6) is -2.19. The number of carbonyl (C=O) groups is 1. The molecule has 1 saturated heterocycles. The van der Waals surface area contributed by atoms with E-state index in [2.05, 4.69) is 10.6 Å². The first-order chi connectivity index (χ1) is 10.2. The van der Waals surface area contributed by atoms with Crippen molar-refractivity contribution >= 4 is 5.91 Å². The van der Waals surface area contributed by atoms with Gasteiger partial charge in [-0.3, -0.25) is 4.79 Å². The van der Waals surface area contributed by atoms with Crippen molar-refractivity contribution in [3.8, 4) is 0 Å². The number of benzene rings is 1. The van der Waals surface area contributed by atoms with Crippen molar-refractivity contribution in [1.29, 1.82) is 0 Å². The third-order valence-corrected chi connectivity index (χ3v) is 4.06. The molecule has 1 heterocycles. The van der Waals surface area contributed by atoms with Crippen molar-refractivity contribution in [2.24, 2.45) is 5.92 Å². The largest absolute Gasteiger partial charge is 0.419 e. The number of hydrogen-bond acceptors (Lipinski definition) is 2. The van der Waals surface area contributed by atoms with E-state index in [-0.39, 0.29) is 18.0 Å². The molecule has 1 fully saturated rings. The molecule has 3 nitrogen and oxygen atoms in total. The highest BCUT2D eigenvalue weighted by Crippen LogP contribution is 2.32. The van der Waals surface area contributed by atoms with Gasteiger partial charge in [0.25, 0.3) is 5.91 Å². The summed E-state index contributed by atoms with van der Waals surface area (Å²) in [6.45, 7) is 4.64. The molecule has 0 radical (unpaired) electrons. The predicted molar refractivity (Wildman–Crippen MR) is 73.9 cm³/mol. The molecule has 1 aromatic carbocycles. The fourth-order valence-corrected chi connectivity index (χ4v) is 2.76. The quantitative estimate of drug-likeness (QED) is 0.823. The molecule has 1 aliphatic heterocycles. The monoisotopic (exact) mass is 318 g/mol. The summed E-state index contributed by atoms with van der Waals surface area (Å²) in [6.07, 6.45) is -3.99. The van der Waals surface area contributed by atoms with Crippen molar-refractivity contribution < 1.29 is 22.4 Å². The average molecular weight is 318 g/mol. The van der Waals surface area contributed by atoms with E-state index in [4.69, 9.17) is 0 Å². The zero-order valence-corrected chi connectivity index (χ0v) is 12.3. The second-order valence-corrected chi connectivity index (χ2v) is 5.67. The van der Waals surface area contributed by atoms with Gasteiger partial charge in [0.1, 0.15) is 5.82 Å². The van der Waals surface area contributed by atoms with Gasteiger partial charge in [-0.2, -0.15) is 13.2 Å². The van der Waals surface area contributed by atoms with E-state index in [0.29, 0.717) is 6.07 Å². The van der Waals surface area contributed by atoms with Crippen LogP contribution in [0.5, 0.6) is 0 Å². The molecule has 3 unspecified atom stereocenters. The molecule has 122 valence electrons. The van der Waals surface area contributed by atoms with Crippen molar-refractivity contribution in [1.82, 2.24) is 10.6 Å². The lowest BCUT2D eigenvalue weighted by Crippen LogP contribution is -2.56. The summed E-state index contributed by atoms with van der Waals surface area (Å²) in [7, 11) is 0. The van der Waals surface area contributed by atoms with E-state index < -0.39 is 29.0 Å². The van der Waals surface area contributed by atoms with Gasteiger partial charge in [-0.05, 0) is 37.9 Å². The summed E-state index contributed by atoms with van der Waals surface area (Å²) in [6, 6.07) is 2.44. The number of nitrogens with one attached hydrogen (secondary N) is 2. The van der Waals surface area contributed by atoms with E-state index in [1.54, 1.807) is 0 Å². The third-order valence-electron chi connectivity index (χ3n) is 4.06. The van der Waals surface area contributed by atoms with Crippen LogP contribution in [-0.4, -0.2) is 24.5 Å². The normalized spacial score (nSPS) is 25.8. The summed E-state index contributed by atoms with van der Waals surface area (Å²) in [5, 5.41) is 5.83. The van der Waals surface area contributed by atoms with E-state index in [9.17, 15) is 22.4 Å². The van der Waals surface area contributed by atoms with Crippen molar-refractivity contribution in [2.75, 3.05) is 6.54 Å². The molecule has 7 heteroatoms. The van der Waals surface area contributed by atoms with Crippen LogP contribution >= 0.6 is 0 Å². The Morgan fingerprint density at radius 3 is 2.59 bits per heavy atom. The van der Waals surface area contributed by atoms with Gasteiger partial charge in [0, 0.05) is 12.1 Å². The lowest BCUT2D eigenvalue weighted by molar-refractivity contribution is -0.140. The topological polar surface area (TPSA) is 41.1 Å². The fraction of sp³-hybridized carbons (Fsp3) is 0.533. The zero-order chi connectivity index (χ0) is 16.5. The molecule has 3 atom stereocenters. The Kier molecular flexibility index (Phi) is 4.75. The first kappa shape index (κ1) is 16.7. The first-order valence-electron chi connectivity index (χ1n) is 7.11. The molecule has 0 saturated carbocycles. The molecule has 22 heavy (non-hydrogen) atoms. The average Bonchev–Trinajstić information content (AvgIpc) is 2.41. The lowest BCUT2D eigenvalue weighted by Gasteiger charge is -2.36. The van der Waals surface area contributed by atoms with Crippen LogP contribution in [0.15, 0.2) is 18.2 Å². The smallest absolute Gasteiger partial charge is 0.347 e. The molecule has 2 N–H and O–H groups in total. The van der Waals surface area contributed by atoms with Gasteiger partial charge in [0.2, 0.25) is 0 Å². The van der Waals surface area contributed by atoms with Gasteiger partial charge in [0.05, 0.1) is 11.1 Å². The van der Waals surface area contributed by atoms with Gasteiger partial charge < -0.3 is 10.6 Å². The minimum atomic E-state index is -4.83.